The molecule has 0 saturated carbocycles. The number of aliphatic carboxylic acids is 1. The molecule has 0 bridgehead atoms. The summed E-state index contributed by atoms with van der Waals surface area (Å²) in [6.45, 7) is 1.61. The van der Waals surface area contributed by atoms with Crippen LogP contribution >= 0.6 is 0 Å². The number of aromatic hydroxyl groups is 1. The summed E-state index contributed by atoms with van der Waals surface area (Å²) >= 11 is 0. The van der Waals surface area contributed by atoms with Crippen molar-refractivity contribution in [1.29, 1.82) is 0 Å². The molecule has 0 aliphatic heterocycles. The lowest BCUT2D eigenvalue weighted by Gasteiger charge is -2.13. The maximum Gasteiger partial charge on any atom is 0.305 e. The molecular formula is C10H12FNO3. The van der Waals surface area contributed by atoms with Crippen LogP contribution in [0, 0.1) is 12.7 Å². The summed E-state index contributed by atoms with van der Waals surface area (Å²) in [6, 6.07) is 1.55. The molecule has 15 heavy (non-hydrogen) atoms. The van der Waals surface area contributed by atoms with E-state index < -0.39 is 23.6 Å². The lowest BCUT2D eigenvalue weighted by molar-refractivity contribution is -0.137. The zero-order chi connectivity index (χ0) is 11.6. The van der Waals surface area contributed by atoms with Gasteiger partial charge in [-0.3, -0.25) is 4.79 Å². The summed E-state index contributed by atoms with van der Waals surface area (Å²) in [5, 5.41) is 17.7. The predicted octanol–water partition coefficient (Wildman–Crippen LogP) is 1.31. The number of carbonyl (C=O) groups is 1. The zero-order valence-corrected chi connectivity index (χ0v) is 8.20. The van der Waals surface area contributed by atoms with Crippen LogP contribution in [0.2, 0.25) is 0 Å². The Morgan fingerprint density at radius 3 is 2.73 bits per heavy atom. The van der Waals surface area contributed by atoms with Crippen molar-refractivity contribution in [3.05, 3.63) is 29.1 Å². The minimum Gasteiger partial charge on any atom is -0.505 e. The van der Waals surface area contributed by atoms with Crippen LogP contribution in [-0.2, 0) is 4.79 Å². The maximum absolute atomic E-state index is 12.9. The van der Waals surface area contributed by atoms with Gasteiger partial charge in [-0.15, -0.1) is 0 Å². The van der Waals surface area contributed by atoms with E-state index in [0.29, 0.717) is 11.1 Å². The molecule has 82 valence electrons. The molecule has 0 fully saturated rings. The van der Waals surface area contributed by atoms with Gasteiger partial charge in [-0.25, -0.2) is 4.39 Å². The average Bonchev–Trinajstić information content (AvgIpc) is 2.09. The van der Waals surface area contributed by atoms with Crippen LogP contribution in [0.4, 0.5) is 4.39 Å². The van der Waals surface area contributed by atoms with E-state index in [2.05, 4.69) is 0 Å². The summed E-state index contributed by atoms with van der Waals surface area (Å²) in [7, 11) is 0. The van der Waals surface area contributed by atoms with Crippen molar-refractivity contribution in [2.45, 2.75) is 19.4 Å². The van der Waals surface area contributed by atoms with E-state index in [0.717, 1.165) is 12.1 Å². The van der Waals surface area contributed by atoms with Gasteiger partial charge in [0.2, 0.25) is 0 Å². The van der Waals surface area contributed by atoms with E-state index in [9.17, 15) is 9.18 Å². The molecule has 1 aromatic rings. The van der Waals surface area contributed by atoms with E-state index in [1.807, 2.05) is 0 Å². The van der Waals surface area contributed by atoms with Crippen LogP contribution in [0.3, 0.4) is 0 Å². The van der Waals surface area contributed by atoms with Crippen molar-refractivity contribution in [1.82, 2.24) is 0 Å². The van der Waals surface area contributed by atoms with Gasteiger partial charge in [-0.1, -0.05) is 0 Å². The maximum atomic E-state index is 12.9. The number of aryl methyl sites for hydroxylation is 1. The van der Waals surface area contributed by atoms with Gasteiger partial charge >= 0.3 is 5.97 Å². The Labute approximate surface area is 86.1 Å². The number of rotatable bonds is 3. The second-order valence-corrected chi connectivity index (χ2v) is 3.36. The van der Waals surface area contributed by atoms with Crippen molar-refractivity contribution >= 4 is 5.97 Å². The highest BCUT2D eigenvalue weighted by atomic mass is 19.1. The first-order valence-electron chi connectivity index (χ1n) is 4.38. The third-order valence-corrected chi connectivity index (χ3v) is 2.13. The number of hydrogen-bond donors (Lipinski definition) is 3. The normalized spacial score (nSPS) is 12.5. The van der Waals surface area contributed by atoms with Gasteiger partial charge < -0.3 is 15.9 Å². The van der Waals surface area contributed by atoms with Crippen molar-refractivity contribution in [3.63, 3.8) is 0 Å². The number of halogens is 1. The summed E-state index contributed by atoms with van der Waals surface area (Å²) < 4.78 is 12.9. The van der Waals surface area contributed by atoms with E-state index in [1.54, 1.807) is 6.92 Å². The molecule has 4 N–H and O–H groups in total. The predicted molar refractivity (Wildman–Crippen MR) is 52.0 cm³/mol. The minimum atomic E-state index is -1.04. The molecule has 0 aliphatic carbocycles. The Hall–Kier alpha value is -1.62. The molecule has 0 aromatic heterocycles. The second-order valence-electron chi connectivity index (χ2n) is 3.36. The first kappa shape index (κ1) is 11.5. The Morgan fingerprint density at radius 1 is 1.60 bits per heavy atom. The van der Waals surface area contributed by atoms with Crippen LogP contribution < -0.4 is 5.73 Å². The van der Waals surface area contributed by atoms with Gasteiger partial charge in [0.25, 0.3) is 0 Å². The van der Waals surface area contributed by atoms with Crippen LogP contribution in [0.25, 0.3) is 0 Å². The molecule has 0 spiro atoms. The summed E-state index contributed by atoms with van der Waals surface area (Å²) in [4.78, 5) is 10.4. The van der Waals surface area contributed by atoms with Crippen LogP contribution in [0.15, 0.2) is 12.1 Å². The standard InChI is InChI=1S/C10H12FNO3/c1-5-2-7(11)9(13)3-6(5)8(12)4-10(14)15/h2-3,8,13H,4,12H2,1H3,(H,14,15). The Morgan fingerprint density at radius 2 is 2.20 bits per heavy atom. The average molecular weight is 213 g/mol. The highest BCUT2D eigenvalue weighted by Crippen LogP contribution is 2.25. The largest absolute Gasteiger partial charge is 0.505 e. The third-order valence-electron chi connectivity index (χ3n) is 2.13. The van der Waals surface area contributed by atoms with Crippen LogP contribution in [0.1, 0.15) is 23.6 Å². The Bertz CT molecular complexity index is 392. The SMILES string of the molecule is Cc1cc(F)c(O)cc1C(N)CC(=O)O. The number of carboxylic acid groups (broad SMARTS) is 1. The third kappa shape index (κ3) is 2.66. The van der Waals surface area contributed by atoms with Crippen molar-refractivity contribution in [2.75, 3.05) is 0 Å². The quantitative estimate of drug-likeness (QED) is 0.706. The molecule has 4 nitrogen and oxygen atoms in total. The molecule has 0 saturated heterocycles. The van der Waals surface area contributed by atoms with E-state index in [4.69, 9.17) is 15.9 Å². The molecule has 0 heterocycles. The first-order chi connectivity index (χ1) is 6.91. The van der Waals surface area contributed by atoms with E-state index in [1.165, 1.54) is 0 Å². The van der Waals surface area contributed by atoms with Crippen molar-refractivity contribution in [2.24, 2.45) is 5.73 Å². The summed E-state index contributed by atoms with van der Waals surface area (Å²) in [5.74, 6) is -2.29. The monoisotopic (exact) mass is 213 g/mol. The highest BCUT2D eigenvalue weighted by molar-refractivity contribution is 5.68. The molecular weight excluding hydrogens is 201 g/mol. The fourth-order valence-corrected chi connectivity index (χ4v) is 1.37. The van der Waals surface area contributed by atoms with Gasteiger partial charge in [0, 0.05) is 6.04 Å². The summed E-state index contributed by atoms with van der Waals surface area (Å²) in [6.07, 6.45) is -0.258. The smallest absolute Gasteiger partial charge is 0.305 e. The fraction of sp³-hybridized carbons (Fsp3) is 0.300. The van der Waals surface area contributed by atoms with E-state index in [-0.39, 0.29) is 6.42 Å². The topological polar surface area (TPSA) is 83.5 Å². The van der Waals surface area contributed by atoms with Crippen molar-refractivity contribution < 1.29 is 19.4 Å². The highest BCUT2D eigenvalue weighted by Gasteiger charge is 2.15. The lowest BCUT2D eigenvalue weighted by Crippen LogP contribution is -2.16. The molecule has 1 rings (SSSR count). The number of benzene rings is 1. The number of phenols is 1. The van der Waals surface area contributed by atoms with E-state index >= 15 is 0 Å². The van der Waals surface area contributed by atoms with Gasteiger partial charge in [-0.05, 0) is 30.2 Å². The van der Waals surface area contributed by atoms with Gasteiger partial charge in [0.1, 0.15) is 0 Å². The minimum absolute atomic E-state index is 0.258. The molecule has 1 unspecified atom stereocenters. The van der Waals surface area contributed by atoms with Gasteiger partial charge in [-0.2, -0.15) is 0 Å². The molecule has 0 radical (unpaired) electrons. The number of phenolic OH excluding ortho intramolecular Hbond substituents is 1. The lowest BCUT2D eigenvalue weighted by atomic mass is 9.99. The van der Waals surface area contributed by atoms with Crippen molar-refractivity contribution in [3.8, 4) is 5.75 Å². The summed E-state index contributed by atoms with van der Waals surface area (Å²) in [5.41, 5.74) is 6.57. The Kier molecular flexibility index (Phi) is 3.26. The van der Waals surface area contributed by atoms with Gasteiger partial charge in [0.05, 0.1) is 6.42 Å². The number of hydrogen-bond acceptors (Lipinski definition) is 3. The number of nitrogens with two attached hydrogens (primary N) is 1. The number of carboxylic acids is 1. The molecule has 0 aliphatic rings. The molecule has 1 atom stereocenters. The second kappa shape index (κ2) is 4.27. The Balaban J connectivity index is 3.03. The molecule has 1 aromatic carbocycles. The zero-order valence-electron chi connectivity index (χ0n) is 8.20. The van der Waals surface area contributed by atoms with Crippen LogP contribution in [-0.4, -0.2) is 16.2 Å². The van der Waals surface area contributed by atoms with Crippen LogP contribution in [0.5, 0.6) is 5.75 Å². The fourth-order valence-electron chi connectivity index (χ4n) is 1.37. The first-order valence-corrected chi connectivity index (χ1v) is 4.38. The molecule has 0 amide bonds. The molecule has 5 heteroatoms. The van der Waals surface area contributed by atoms with Gasteiger partial charge in [0.15, 0.2) is 11.6 Å².